The van der Waals surface area contributed by atoms with Crippen molar-refractivity contribution in [2.75, 3.05) is 0 Å². The number of carbonyl (C=O) groups is 1. The van der Waals surface area contributed by atoms with E-state index in [-0.39, 0.29) is 11.4 Å². The summed E-state index contributed by atoms with van der Waals surface area (Å²) in [5.41, 5.74) is 0.555. The minimum Gasteiger partial charge on any atom is -0.426 e. The molecule has 98 valence electrons. The predicted molar refractivity (Wildman–Crippen MR) is 70.2 cm³/mol. The number of ether oxygens (including phenoxy) is 1. The third kappa shape index (κ3) is 2.14. The van der Waals surface area contributed by atoms with Crippen molar-refractivity contribution in [1.82, 2.24) is 0 Å². The average Bonchev–Trinajstić information content (AvgIpc) is 3.08. The minimum atomic E-state index is -0.400. The molecule has 0 spiro atoms. The number of rotatable bonds is 2. The second kappa shape index (κ2) is 3.95. The summed E-state index contributed by atoms with van der Waals surface area (Å²) in [6.45, 7) is 3.73. The van der Waals surface area contributed by atoms with Crippen molar-refractivity contribution in [1.29, 1.82) is 0 Å². The molecule has 1 aromatic heterocycles. The van der Waals surface area contributed by atoms with Crippen LogP contribution in [0.4, 0.5) is 0 Å². The first-order chi connectivity index (χ1) is 8.98. The summed E-state index contributed by atoms with van der Waals surface area (Å²) < 4.78 is 10.4. The van der Waals surface area contributed by atoms with Gasteiger partial charge in [-0.2, -0.15) is 0 Å². The summed E-state index contributed by atoms with van der Waals surface area (Å²) >= 11 is 0. The SMILES string of the molecule is Cc1cc(=O)oc2cc(OC(=O)C3(C)CC3)ccc12. The molecule has 0 atom stereocenters. The van der Waals surface area contributed by atoms with Gasteiger partial charge in [0.25, 0.3) is 0 Å². The van der Waals surface area contributed by atoms with Gasteiger partial charge in [-0.1, -0.05) is 0 Å². The van der Waals surface area contributed by atoms with Crippen LogP contribution in [-0.4, -0.2) is 5.97 Å². The van der Waals surface area contributed by atoms with Crippen molar-refractivity contribution in [2.45, 2.75) is 26.7 Å². The minimum absolute atomic E-state index is 0.221. The Labute approximate surface area is 110 Å². The lowest BCUT2D eigenvalue weighted by Gasteiger charge is -2.09. The summed E-state index contributed by atoms with van der Waals surface area (Å²) in [4.78, 5) is 23.2. The monoisotopic (exact) mass is 258 g/mol. The van der Waals surface area contributed by atoms with Gasteiger partial charge in [0.15, 0.2) is 0 Å². The highest BCUT2D eigenvalue weighted by molar-refractivity contribution is 5.84. The molecule has 4 nitrogen and oxygen atoms in total. The van der Waals surface area contributed by atoms with Crippen LogP contribution in [-0.2, 0) is 4.79 Å². The molecule has 0 aliphatic heterocycles. The zero-order valence-electron chi connectivity index (χ0n) is 10.9. The Hall–Kier alpha value is -2.10. The smallest absolute Gasteiger partial charge is 0.336 e. The van der Waals surface area contributed by atoms with Crippen LogP contribution in [0.2, 0.25) is 0 Å². The fourth-order valence-corrected chi connectivity index (χ4v) is 1.99. The van der Waals surface area contributed by atoms with Crippen LogP contribution in [0.15, 0.2) is 33.5 Å². The van der Waals surface area contributed by atoms with Crippen LogP contribution in [0.1, 0.15) is 25.3 Å². The predicted octanol–water partition coefficient (Wildman–Crippen LogP) is 2.81. The van der Waals surface area contributed by atoms with Gasteiger partial charge in [-0.05, 0) is 44.4 Å². The molecule has 1 aromatic carbocycles. The van der Waals surface area contributed by atoms with Crippen molar-refractivity contribution in [2.24, 2.45) is 5.41 Å². The summed E-state index contributed by atoms with van der Waals surface area (Å²) in [5, 5.41) is 0.844. The number of carbonyl (C=O) groups excluding carboxylic acids is 1. The molecule has 0 bridgehead atoms. The summed E-state index contributed by atoms with van der Waals surface area (Å²) in [5.74, 6) is 0.196. The Morgan fingerprint density at radius 2 is 2.05 bits per heavy atom. The van der Waals surface area contributed by atoms with E-state index >= 15 is 0 Å². The molecule has 1 aliphatic carbocycles. The Bertz CT molecular complexity index is 722. The summed E-state index contributed by atoms with van der Waals surface area (Å²) in [7, 11) is 0. The molecular weight excluding hydrogens is 244 g/mol. The quantitative estimate of drug-likeness (QED) is 0.472. The van der Waals surface area contributed by atoms with Gasteiger partial charge in [-0.25, -0.2) is 4.79 Å². The Balaban J connectivity index is 1.97. The van der Waals surface area contributed by atoms with E-state index in [4.69, 9.17) is 9.15 Å². The maximum atomic E-state index is 11.9. The average molecular weight is 258 g/mol. The van der Waals surface area contributed by atoms with E-state index in [1.165, 1.54) is 6.07 Å². The topological polar surface area (TPSA) is 56.5 Å². The van der Waals surface area contributed by atoms with Crippen LogP contribution in [0.3, 0.4) is 0 Å². The molecule has 0 unspecified atom stereocenters. The summed E-state index contributed by atoms with van der Waals surface area (Å²) in [6.07, 6.45) is 1.74. The molecule has 0 amide bonds. The summed E-state index contributed by atoms with van der Waals surface area (Å²) in [6, 6.07) is 6.55. The molecule has 19 heavy (non-hydrogen) atoms. The maximum Gasteiger partial charge on any atom is 0.336 e. The zero-order valence-corrected chi connectivity index (χ0v) is 10.9. The lowest BCUT2D eigenvalue weighted by molar-refractivity contribution is -0.139. The second-order valence-corrected chi connectivity index (χ2v) is 5.36. The highest BCUT2D eigenvalue weighted by Gasteiger charge is 2.46. The number of hydrogen-bond acceptors (Lipinski definition) is 4. The van der Waals surface area contributed by atoms with Gasteiger partial charge in [-0.3, -0.25) is 4.79 Å². The lowest BCUT2D eigenvalue weighted by Crippen LogP contribution is -2.18. The van der Waals surface area contributed by atoms with E-state index in [1.807, 2.05) is 13.8 Å². The molecule has 0 radical (unpaired) electrons. The number of hydrogen-bond donors (Lipinski definition) is 0. The highest BCUT2D eigenvalue weighted by Crippen LogP contribution is 2.46. The van der Waals surface area contributed by atoms with E-state index in [9.17, 15) is 9.59 Å². The molecule has 2 aromatic rings. The molecule has 1 heterocycles. The van der Waals surface area contributed by atoms with Crippen molar-refractivity contribution in [3.8, 4) is 5.75 Å². The van der Waals surface area contributed by atoms with Gasteiger partial charge >= 0.3 is 11.6 Å². The second-order valence-electron chi connectivity index (χ2n) is 5.36. The number of esters is 1. The van der Waals surface area contributed by atoms with Crippen LogP contribution >= 0.6 is 0 Å². The van der Waals surface area contributed by atoms with Gasteiger partial charge in [0.05, 0.1) is 5.41 Å². The Morgan fingerprint density at radius 3 is 2.74 bits per heavy atom. The number of aryl methyl sites for hydroxylation is 1. The van der Waals surface area contributed by atoms with E-state index in [1.54, 1.807) is 18.2 Å². The molecule has 1 fully saturated rings. The molecule has 4 heteroatoms. The molecule has 0 saturated heterocycles. The van der Waals surface area contributed by atoms with Crippen molar-refractivity contribution < 1.29 is 13.9 Å². The highest BCUT2D eigenvalue weighted by atomic mass is 16.5. The molecule has 1 aliphatic rings. The fourth-order valence-electron chi connectivity index (χ4n) is 1.99. The van der Waals surface area contributed by atoms with Gasteiger partial charge < -0.3 is 9.15 Å². The Morgan fingerprint density at radius 1 is 1.32 bits per heavy atom. The van der Waals surface area contributed by atoms with Crippen molar-refractivity contribution >= 4 is 16.9 Å². The van der Waals surface area contributed by atoms with Gasteiger partial charge in [0.2, 0.25) is 0 Å². The maximum absolute atomic E-state index is 11.9. The van der Waals surface area contributed by atoms with Crippen LogP contribution in [0.5, 0.6) is 5.75 Å². The first-order valence-corrected chi connectivity index (χ1v) is 6.25. The molecule has 1 saturated carbocycles. The van der Waals surface area contributed by atoms with Gasteiger partial charge in [0, 0.05) is 17.5 Å². The molecular formula is C15H14O4. The van der Waals surface area contributed by atoms with E-state index in [0.717, 1.165) is 23.8 Å². The zero-order chi connectivity index (χ0) is 13.6. The van der Waals surface area contributed by atoms with E-state index in [2.05, 4.69) is 0 Å². The standard InChI is InChI=1S/C15H14O4/c1-9-7-13(16)19-12-8-10(3-4-11(9)12)18-14(17)15(2)5-6-15/h3-4,7-8H,5-6H2,1-2H3. The fraction of sp³-hybridized carbons (Fsp3) is 0.333. The van der Waals surface area contributed by atoms with Crippen molar-refractivity contribution in [3.05, 3.63) is 40.2 Å². The molecule has 3 rings (SSSR count). The van der Waals surface area contributed by atoms with E-state index in [0.29, 0.717) is 11.3 Å². The number of fused-ring (bicyclic) bond motifs is 1. The largest absolute Gasteiger partial charge is 0.426 e. The third-order valence-corrected chi connectivity index (χ3v) is 3.63. The first-order valence-electron chi connectivity index (χ1n) is 6.25. The van der Waals surface area contributed by atoms with Crippen LogP contribution in [0.25, 0.3) is 11.0 Å². The van der Waals surface area contributed by atoms with E-state index < -0.39 is 5.63 Å². The lowest BCUT2D eigenvalue weighted by atomic mass is 10.1. The number of benzene rings is 1. The van der Waals surface area contributed by atoms with Gasteiger partial charge in [0.1, 0.15) is 11.3 Å². The van der Waals surface area contributed by atoms with Gasteiger partial charge in [-0.15, -0.1) is 0 Å². The van der Waals surface area contributed by atoms with Crippen LogP contribution in [0, 0.1) is 12.3 Å². The normalized spacial score (nSPS) is 16.3. The first kappa shape index (κ1) is 12.0. The molecule has 0 N–H and O–H groups in total. The van der Waals surface area contributed by atoms with Crippen molar-refractivity contribution in [3.63, 3.8) is 0 Å². The third-order valence-electron chi connectivity index (χ3n) is 3.63. The Kier molecular flexibility index (Phi) is 2.49. The van der Waals surface area contributed by atoms with Crippen LogP contribution < -0.4 is 10.4 Å².